The number of carbonyl (C=O) groups excluding carboxylic acids is 1. The number of hydrogen-bond acceptors (Lipinski definition) is 3. The summed E-state index contributed by atoms with van der Waals surface area (Å²) >= 11 is 3.18. The molecule has 1 heterocycles. The van der Waals surface area contributed by atoms with Crippen molar-refractivity contribution >= 4 is 33.2 Å². The molecule has 126 valence electrons. The van der Waals surface area contributed by atoms with Gasteiger partial charge in [-0.15, -0.1) is 0 Å². The van der Waals surface area contributed by atoms with Crippen LogP contribution in [0.1, 0.15) is 12.5 Å². The van der Waals surface area contributed by atoms with E-state index in [4.69, 9.17) is 4.74 Å². The number of halogens is 2. The van der Waals surface area contributed by atoms with Gasteiger partial charge >= 0.3 is 0 Å². The molecule has 2 aromatic carbocycles. The predicted octanol–water partition coefficient (Wildman–Crippen LogP) is 3.99. The largest absolute Gasteiger partial charge is 0.481 e. The lowest BCUT2D eigenvalue weighted by Crippen LogP contribution is -2.21. The third kappa shape index (κ3) is 3.70. The first-order valence-corrected chi connectivity index (χ1v) is 8.61. The number of carbonyl (C=O) groups is 1. The number of anilines is 2. The molecule has 0 atom stereocenters. The minimum absolute atomic E-state index is 0.0551. The van der Waals surface area contributed by atoms with E-state index >= 15 is 0 Å². The van der Waals surface area contributed by atoms with Crippen LogP contribution in [-0.4, -0.2) is 25.6 Å². The van der Waals surface area contributed by atoms with Gasteiger partial charge in [0.15, 0.2) is 18.2 Å². The van der Waals surface area contributed by atoms with Gasteiger partial charge in [-0.05, 0) is 49.2 Å². The highest BCUT2D eigenvalue weighted by atomic mass is 79.9. The van der Waals surface area contributed by atoms with E-state index in [0.29, 0.717) is 4.47 Å². The fourth-order valence-corrected chi connectivity index (χ4v) is 3.12. The first kappa shape index (κ1) is 16.8. The molecule has 0 saturated carbocycles. The Hall–Kier alpha value is -2.08. The third-order valence-electron chi connectivity index (χ3n) is 4.00. The van der Waals surface area contributed by atoms with Crippen molar-refractivity contribution < 1.29 is 13.9 Å². The molecular weight excluding hydrogens is 375 g/mol. The van der Waals surface area contributed by atoms with Gasteiger partial charge in [-0.2, -0.15) is 0 Å². The summed E-state index contributed by atoms with van der Waals surface area (Å²) in [6, 6.07) is 10.3. The zero-order valence-corrected chi connectivity index (χ0v) is 14.9. The summed E-state index contributed by atoms with van der Waals surface area (Å²) in [4.78, 5) is 14.3. The van der Waals surface area contributed by atoms with E-state index in [9.17, 15) is 9.18 Å². The number of hydrogen-bond donors (Lipinski definition) is 1. The molecule has 0 unspecified atom stereocenters. The van der Waals surface area contributed by atoms with Gasteiger partial charge in [0, 0.05) is 28.9 Å². The monoisotopic (exact) mass is 392 g/mol. The van der Waals surface area contributed by atoms with Crippen LogP contribution in [0.2, 0.25) is 0 Å². The van der Waals surface area contributed by atoms with Crippen molar-refractivity contribution in [2.75, 3.05) is 29.9 Å². The minimum atomic E-state index is -0.506. The Morgan fingerprint density at radius 3 is 2.92 bits per heavy atom. The van der Waals surface area contributed by atoms with Gasteiger partial charge in [0.2, 0.25) is 0 Å². The van der Waals surface area contributed by atoms with Crippen LogP contribution in [0.15, 0.2) is 40.9 Å². The number of likely N-dealkylation sites (N-methyl/N-ethyl adjacent to an activating group) is 1. The normalized spacial score (nSPS) is 12.9. The molecule has 2 aromatic rings. The highest BCUT2D eigenvalue weighted by Gasteiger charge is 2.18. The summed E-state index contributed by atoms with van der Waals surface area (Å²) in [6.45, 7) is 3.82. The molecule has 0 spiro atoms. The molecule has 0 fully saturated rings. The molecule has 0 aromatic heterocycles. The van der Waals surface area contributed by atoms with Crippen LogP contribution in [0.5, 0.6) is 5.75 Å². The SMILES string of the molecule is CCN1CCc2ccc(NC(=O)COc3ccc(Br)cc3F)cc21. The number of benzene rings is 2. The molecule has 6 heteroatoms. The van der Waals surface area contributed by atoms with Crippen LogP contribution in [0.25, 0.3) is 0 Å². The second-order valence-corrected chi connectivity index (χ2v) is 6.50. The Labute approximate surface area is 148 Å². The molecule has 1 aliphatic heterocycles. The summed E-state index contributed by atoms with van der Waals surface area (Å²) in [5.41, 5.74) is 3.18. The van der Waals surface area contributed by atoms with E-state index in [0.717, 1.165) is 30.9 Å². The molecule has 4 nitrogen and oxygen atoms in total. The molecule has 24 heavy (non-hydrogen) atoms. The van der Waals surface area contributed by atoms with Gasteiger partial charge in [-0.1, -0.05) is 22.0 Å². The van der Waals surface area contributed by atoms with Gasteiger partial charge in [-0.25, -0.2) is 4.39 Å². The Kier molecular flexibility index (Phi) is 5.04. The van der Waals surface area contributed by atoms with Crippen molar-refractivity contribution in [2.45, 2.75) is 13.3 Å². The van der Waals surface area contributed by atoms with Crippen LogP contribution >= 0.6 is 15.9 Å². The number of fused-ring (bicyclic) bond motifs is 1. The number of rotatable bonds is 5. The van der Waals surface area contributed by atoms with Crippen LogP contribution in [0.3, 0.4) is 0 Å². The van der Waals surface area contributed by atoms with E-state index < -0.39 is 5.82 Å². The van der Waals surface area contributed by atoms with E-state index in [1.54, 1.807) is 6.07 Å². The lowest BCUT2D eigenvalue weighted by atomic mass is 10.1. The van der Waals surface area contributed by atoms with Crippen LogP contribution in [-0.2, 0) is 11.2 Å². The first-order chi connectivity index (χ1) is 11.6. The zero-order chi connectivity index (χ0) is 17.1. The molecule has 0 bridgehead atoms. The summed E-state index contributed by atoms with van der Waals surface area (Å²) in [5.74, 6) is -0.772. The number of ether oxygens (including phenoxy) is 1. The van der Waals surface area contributed by atoms with Crippen molar-refractivity contribution in [3.8, 4) is 5.75 Å². The molecular formula is C18H18BrFN2O2. The van der Waals surface area contributed by atoms with Gasteiger partial charge in [-0.3, -0.25) is 4.79 Å². The average molecular weight is 393 g/mol. The van der Waals surface area contributed by atoms with Crippen molar-refractivity contribution in [1.82, 2.24) is 0 Å². The minimum Gasteiger partial charge on any atom is -0.481 e. The van der Waals surface area contributed by atoms with Gasteiger partial charge < -0.3 is 15.0 Å². The zero-order valence-electron chi connectivity index (χ0n) is 13.3. The van der Waals surface area contributed by atoms with Gasteiger partial charge in [0.1, 0.15) is 0 Å². The Morgan fingerprint density at radius 2 is 2.17 bits per heavy atom. The molecule has 1 N–H and O–H groups in total. The quantitative estimate of drug-likeness (QED) is 0.836. The Balaban J connectivity index is 1.61. The van der Waals surface area contributed by atoms with Crippen molar-refractivity contribution in [1.29, 1.82) is 0 Å². The first-order valence-electron chi connectivity index (χ1n) is 7.82. The van der Waals surface area contributed by atoms with Crippen molar-refractivity contribution in [3.63, 3.8) is 0 Å². The lowest BCUT2D eigenvalue weighted by molar-refractivity contribution is -0.118. The highest BCUT2D eigenvalue weighted by molar-refractivity contribution is 9.10. The molecule has 0 saturated heterocycles. The van der Waals surface area contributed by atoms with Crippen LogP contribution < -0.4 is 15.0 Å². The van der Waals surface area contributed by atoms with Crippen LogP contribution in [0.4, 0.5) is 15.8 Å². The fraction of sp³-hybridized carbons (Fsp3) is 0.278. The van der Waals surface area contributed by atoms with Crippen molar-refractivity contribution in [3.05, 3.63) is 52.3 Å². The molecule has 3 rings (SSSR count). The Bertz CT molecular complexity index is 767. The third-order valence-corrected chi connectivity index (χ3v) is 4.49. The smallest absolute Gasteiger partial charge is 0.262 e. The fourth-order valence-electron chi connectivity index (χ4n) is 2.78. The van der Waals surface area contributed by atoms with E-state index in [1.807, 2.05) is 18.2 Å². The summed E-state index contributed by atoms with van der Waals surface area (Å²) in [6.07, 6.45) is 1.03. The van der Waals surface area contributed by atoms with Crippen LogP contribution in [0, 0.1) is 5.82 Å². The van der Waals surface area contributed by atoms with Crippen molar-refractivity contribution in [2.24, 2.45) is 0 Å². The maximum Gasteiger partial charge on any atom is 0.262 e. The Morgan fingerprint density at radius 1 is 1.33 bits per heavy atom. The number of amides is 1. The topological polar surface area (TPSA) is 41.6 Å². The number of nitrogens with one attached hydrogen (secondary N) is 1. The lowest BCUT2D eigenvalue weighted by Gasteiger charge is -2.17. The van der Waals surface area contributed by atoms with Gasteiger partial charge in [0.25, 0.3) is 5.91 Å². The maximum absolute atomic E-state index is 13.7. The molecule has 1 aliphatic rings. The second kappa shape index (κ2) is 7.21. The molecule has 0 radical (unpaired) electrons. The summed E-state index contributed by atoms with van der Waals surface area (Å²) in [7, 11) is 0. The summed E-state index contributed by atoms with van der Waals surface area (Å²) in [5, 5.41) is 2.80. The maximum atomic E-state index is 13.7. The summed E-state index contributed by atoms with van der Waals surface area (Å²) < 4.78 is 19.5. The highest BCUT2D eigenvalue weighted by Crippen LogP contribution is 2.30. The molecule has 0 aliphatic carbocycles. The predicted molar refractivity (Wildman–Crippen MR) is 96.3 cm³/mol. The average Bonchev–Trinajstić information content (AvgIpc) is 2.96. The molecule has 1 amide bonds. The number of nitrogens with zero attached hydrogens (tertiary/aromatic N) is 1. The van der Waals surface area contributed by atoms with Gasteiger partial charge in [0.05, 0.1) is 0 Å². The standard InChI is InChI=1S/C18H18BrFN2O2/c1-2-22-8-7-12-3-5-14(10-16(12)22)21-18(23)11-24-17-6-4-13(19)9-15(17)20/h3-6,9-10H,2,7-8,11H2,1H3,(H,21,23). The van der Waals surface area contributed by atoms with E-state index in [1.165, 1.54) is 17.7 Å². The van der Waals surface area contributed by atoms with E-state index in [-0.39, 0.29) is 18.3 Å². The second-order valence-electron chi connectivity index (χ2n) is 5.58. The van der Waals surface area contributed by atoms with E-state index in [2.05, 4.69) is 33.1 Å².